The number of nitrogens with zero attached hydrogens (tertiary/aromatic N) is 2. The van der Waals surface area contributed by atoms with Gasteiger partial charge in [0.15, 0.2) is 5.13 Å². The van der Waals surface area contributed by atoms with Crippen LogP contribution in [0.5, 0.6) is 0 Å². The van der Waals surface area contributed by atoms with Crippen LogP contribution in [0.4, 0.5) is 18.3 Å². The summed E-state index contributed by atoms with van der Waals surface area (Å²) in [6.45, 7) is -0.925. The van der Waals surface area contributed by atoms with Gasteiger partial charge in [-0.1, -0.05) is 11.3 Å². The van der Waals surface area contributed by atoms with Gasteiger partial charge in [-0.05, 0) is 0 Å². The highest BCUT2D eigenvalue weighted by atomic mass is 32.1. The van der Waals surface area contributed by atoms with Crippen LogP contribution in [-0.2, 0) is 5.60 Å². The van der Waals surface area contributed by atoms with E-state index in [1.807, 2.05) is 0 Å². The molecule has 0 amide bonds. The van der Waals surface area contributed by atoms with Crippen molar-refractivity contribution in [1.29, 1.82) is 0 Å². The Morgan fingerprint density at radius 2 is 2.06 bits per heavy atom. The molecule has 0 radical (unpaired) electrons. The molecule has 1 atom stereocenters. The van der Waals surface area contributed by atoms with Crippen LogP contribution in [0.3, 0.4) is 0 Å². The maximum atomic E-state index is 12.6. The Kier molecular flexibility index (Phi) is 3.46. The van der Waals surface area contributed by atoms with Crippen molar-refractivity contribution < 1.29 is 18.3 Å². The Bertz CT molecular complexity index is 366. The number of anilines is 1. The predicted octanol–water partition coefficient (Wildman–Crippen LogP) is 0.918. The summed E-state index contributed by atoms with van der Waals surface area (Å²) in [6, 6.07) is 0. The summed E-state index contributed by atoms with van der Waals surface area (Å²) in [5.74, 6) is 0. The highest BCUT2D eigenvalue weighted by Crippen LogP contribution is 2.41. The molecular weight excluding hydrogens is 243 g/mol. The second-order valence-corrected chi connectivity index (χ2v) is 4.47. The number of alkyl halides is 3. The van der Waals surface area contributed by atoms with E-state index in [9.17, 15) is 18.3 Å². The minimum Gasteiger partial charge on any atom is -0.375 e. The minimum atomic E-state index is -4.81. The fraction of sp³-hybridized carbons (Fsp3) is 0.625. The summed E-state index contributed by atoms with van der Waals surface area (Å²) in [7, 11) is 3.30. The summed E-state index contributed by atoms with van der Waals surface area (Å²) >= 11 is 0.764. The van der Waals surface area contributed by atoms with Gasteiger partial charge in [0.05, 0.1) is 4.88 Å². The van der Waals surface area contributed by atoms with Crippen LogP contribution in [0.2, 0.25) is 0 Å². The van der Waals surface area contributed by atoms with Crippen LogP contribution in [0.15, 0.2) is 6.20 Å². The van der Waals surface area contributed by atoms with E-state index in [0.29, 0.717) is 5.13 Å². The number of rotatable bonds is 3. The first-order valence-electron chi connectivity index (χ1n) is 4.35. The van der Waals surface area contributed by atoms with Gasteiger partial charge < -0.3 is 15.7 Å². The van der Waals surface area contributed by atoms with Crippen LogP contribution in [0.25, 0.3) is 0 Å². The van der Waals surface area contributed by atoms with Gasteiger partial charge in [-0.15, -0.1) is 0 Å². The van der Waals surface area contributed by atoms with Crippen molar-refractivity contribution >= 4 is 16.5 Å². The maximum Gasteiger partial charge on any atom is 0.423 e. The SMILES string of the molecule is CN(C)c1ncc([C@@](O)(CN)C(F)(F)F)s1. The highest BCUT2D eigenvalue weighted by Gasteiger charge is 2.55. The Morgan fingerprint density at radius 1 is 1.50 bits per heavy atom. The van der Waals surface area contributed by atoms with E-state index in [2.05, 4.69) is 4.98 Å². The van der Waals surface area contributed by atoms with Gasteiger partial charge >= 0.3 is 6.18 Å². The summed E-state index contributed by atoms with van der Waals surface area (Å²) < 4.78 is 37.9. The predicted molar refractivity (Wildman–Crippen MR) is 55.4 cm³/mol. The first kappa shape index (κ1) is 13.2. The molecule has 0 aromatic carbocycles. The van der Waals surface area contributed by atoms with Crippen LogP contribution in [0.1, 0.15) is 4.88 Å². The van der Waals surface area contributed by atoms with Gasteiger partial charge in [-0.25, -0.2) is 4.98 Å². The van der Waals surface area contributed by atoms with E-state index < -0.39 is 18.3 Å². The summed E-state index contributed by atoms with van der Waals surface area (Å²) in [5, 5.41) is 9.91. The highest BCUT2D eigenvalue weighted by molar-refractivity contribution is 7.15. The molecule has 1 rings (SSSR count). The van der Waals surface area contributed by atoms with Crippen molar-refractivity contribution in [2.75, 3.05) is 25.5 Å². The molecule has 1 aromatic heterocycles. The smallest absolute Gasteiger partial charge is 0.375 e. The third-order valence-electron chi connectivity index (χ3n) is 2.05. The van der Waals surface area contributed by atoms with Gasteiger partial charge in [0, 0.05) is 26.8 Å². The van der Waals surface area contributed by atoms with Crippen LogP contribution >= 0.6 is 11.3 Å². The lowest BCUT2D eigenvalue weighted by Crippen LogP contribution is -2.47. The quantitative estimate of drug-likeness (QED) is 0.843. The van der Waals surface area contributed by atoms with Crippen molar-refractivity contribution in [2.45, 2.75) is 11.8 Å². The molecule has 1 aromatic rings. The molecule has 0 fully saturated rings. The van der Waals surface area contributed by atoms with E-state index in [-0.39, 0.29) is 4.88 Å². The lowest BCUT2D eigenvalue weighted by molar-refractivity contribution is -0.260. The molecule has 0 aliphatic heterocycles. The summed E-state index contributed by atoms with van der Waals surface area (Å²) in [5.41, 5.74) is 1.99. The standard InChI is InChI=1S/C8H12F3N3OS/c1-14(2)6-13-3-5(16-6)7(15,4-12)8(9,10)11/h3,15H,4,12H2,1-2H3/t7-/m0/s1. The molecule has 1 heterocycles. The number of halogens is 3. The van der Waals surface area contributed by atoms with Gasteiger partial charge in [0.25, 0.3) is 0 Å². The average Bonchev–Trinajstić information content (AvgIpc) is 2.63. The number of aliphatic hydroxyl groups is 1. The third-order valence-corrected chi connectivity index (χ3v) is 3.36. The van der Waals surface area contributed by atoms with Crippen LogP contribution < -0.4 is 10.6 Å². The average molecular weight is 255 g/mol. The topological polar surface area (TPSA) is 62.4 Å². The third kappa shape index (κ3) is 2.13. The molecule has 4 nitrogen and oxygen atoms in total. The minimum absolute atomic E-state index is 0.300. The van der Waals surface area contributed by atoms with E-state index >= 15 is 0 Å². The molecule has 3 N–H and O–H groups in total. The van der Waals surface area contributed by atoms with Gasteiger partial charge in [0.1, 0.15) is 0 Å². The van der Waals surface area contributed by atoms with Crippen molar-refractivity contribution in [2.24, 2.45) is 5.73 Å². The van der Waals surface area contributed by atoms with Gasteiger partial charge in [-0.3, -0.25) is 0 Å². The molecule has 0 aliphatic rings. The van der Waals surface area contributed by atoms with E-state index in [4.69, 9.17) is 5.73 Å². The molecular formula is C8H12F3N3OS. The first-order chi connectivity index (χ1) is 7.22. The van der Waals surface area contributed by atoms with Crippen molar-refractivity contribution in [3.63, 3.8) is 0 Å². The zero-order valence-electron chi connectivity index (χ0n) is 8.75. The van der Waals surface area contributed by atoms with Crippen molar-refractivity contribution in [1.82, 2.24) is 4.98 Å². The maximum absolute atomic E-state index is 12.6. The number of aromatic nitrogens is 1. The largest absolute Gasteiger partial charge is 0.423 e. The molecule has 0 saturated carbocycles. The van der Waals surface area contributed by atoms with Gasteiger partial charge in [-0.2, -0.15) is 13.2 Å². The Labute approximate surface area is 94.5 Å². The zero-order valence-corrected chi connectivity index (χ0v) is 9.56. The first-order valence-corrected chi connectivity index (χ1v) is 5.17. The molecule has 0 aliphatic carbocycles. The number of thiazole rings is 1. The lowest BCUT2D eigenvalue weighted by Gasteiger charge is -2.27. The Balaban J connectivity index is 3.14. The molecule has 0 spiro atoms. The normalized spacial score (nSPS) is 15.9. The van der Waals surface area contributed by atoms with Crippen molar-refractivity contribution in [3.05, 3.63) is 11.1 Å². The number of nitrogens with two attached hydrogens (primary N) is 1. The summed E-state index contributed by atoms with van der Waals surface area (Å²) in [4.78, 5) is 5.03. The second kappa shape index (κ2) is 4.19. The Morgan fingerprint density at radius 3 is 2.38 bits per heavy atom. The molecule has 0 bridgehead atoms. The molecule has 92 valence electrons. The van der Waals surface area contributed by atoms with Crippen LogP contribution in [0, 0.1) is 0 Å². The number of hydrogen-bond donors (Lipinski definition) is 2. The molecule has 16 heavy (non-hydrogen) atoms. The van der Waals surface area contributed by atoms with Crippen molar-refractivity contribution in [3.8, 4) is 0 Å². The lowest BCUT2D eigenvalue weighted by atomic mass is 10.0. The molecule has 0 saturated heterocycles. The van der Waals surface area contributed by atoms with E-state index in [1.165, 1.54) is 0 Å². The summed E-state index contributed by atoms with van der Waals surface area (Å²) in [6.07, 6.45) is -3.81. The van der Waals surface area contributed by atoms with E-state index in [0.717, 1.165) is 17.5 Å². The van der Waals surface area contributed by atoms with Crippen LogP contribution in [-0.4, -0.2) is 36.9 Å². The van der Waals surface area contributed by atoms with E-state index in [1.54, 1.807) is 19.0 Å². The fourth-order valence-electron chi connectivity index (χ4n) is 1.02. The monoisotopic (exact) mass is 255 g/mol. The zero-order chi connectivity index (χ0) is 12.6. The van der Waals surface area contributed by atoms with Gasteiger partial charge in [0.2, 0.25) is 5.60 Å². The molecule has 0 unspecified atom stereocenters. The second-order valence-electron chi connectivity index (χ2n) is 3.46. The fourth-order valence-corrected chi connectivity index (χ4v) is 1.98. The Hall–Kier alpha value is -0.860. The number of hydrogen-bond acceptors (Lipinski definition) is 5. The molecule has 8 heteroatoms.